The van der Waals surface area contributed by atoms with Crippen molar-refractivity contribution in [2.45, 2.75) is 0 Å². The van der Waals surface area contributed by atoms with Crippen LogP contribution < -0.4 is 0 Å². The lowest BCUT2D eigenvalue weighted by Crippen LogP contribution is -2.02. The van der Waals surface area contributed by atoms with Gasteiger partial charge in [-0.25, -0.2) is 4.98 Å². The molecule has 0 aliphatic heterocycles. The number of hydrogen-bond acceptors (Lipinski definition) is 2. The summed E-state index contributed by atoms with van der Waals surface area (Å²) in [6, 6.07) is 11.0. The predicted molar refractivity (Wildman–Crippen MR) is 90.5 cm³/mol. The minimum absolute atomic E-state index is 0.156. The van der Waals surface area contributed by atoms with Crippen LogP contribution in [0.4, 0.5) is 0 Å². The maximum absolute atomic E-state index is 12.7. The maximum Gasteiger partial charge on any atom is 0.230 e. The van der Waals surface area contributed by atoms with Gasteiger partial charge in [0, 0.05) is 21.1 Å². The molecule has 6 heteroatoms. The van der Waals surface area contributed by atoms with Crippen molar-refractivity contribution in [2.24, 2.45) is 0 Å². The summed E-state index contributed by atoms with van der Waals surface area (Å²) in [5.74, 6) is 0.148. The molecule has 0 saturated heterocycles. The van der Waals surface area contributed by atoms with Gasteiger partial charge >= 0.3 is 0 Å². The van der Waals surface area contributed by atoms with Crippen LogP contribution in [-0.2, 0) is 0 Å². The number of aromatic nitrogens is 3. The van der Waals surface area contributed by atoms with Crippen molar-refractivity contribution in [3.8, 4) is 0 Å². The van der Waals surface area contributed by atoms with Crippen LogP contribution in [0.15, 0.2) is 47.1 Å². The Morgan fingerprint density at radius 2 is 2.09 bits per heavy atom. The Morgan fingerprint density at radius 3 is 2.95 bits per heavy atom. The number of carbonyl (C=O) groups excluding carboxylic acids is 1. The van der Waals surface area contributed by atoms with Gasteiger partial charge in [-0.3, -0.25) is 4.79 Å². The number of nitrogens with zero attached hydrogens (tertiary/aromatic N) is 1. The van der Waals surface area contributed by atoms with E-state index in [0.29, 0.717) is 21.9 Å². The van der Waals surface area contributed by atoms with E-state index in [-0.39, 0.29) is 5.78 Å². The molecule has 0 aliphatic carbocycles. The average Bonchev–Trinajstić information content (AvgIpc) is 3.10. The topological polar surface area (TPSA) is 61.5 Å². The lowest BCUT2D eigenvalue weighted by Gasteiger charge is -1.96. The number of halogens is 2. The largest absolute Gasteiger partial charge is 0.360 e. The summed E-state index contributed by atoms with van der Waals surface area (Å²) >= 11 is 9.42. The van der Waals surface area contributed by atoms with Crippen LogP contribution in [-0.4, -0.2) is 20.7 Å². The number of carbonyl (C=O) groups is 1. The van der Waals surface area contributed by atoms with Crippen molar-refractivity contribution in [1.29, 1.82) is 0 Å². The van der Waals surface area contributed by atoms with Gasteiger partial charge in [0.05, 0.1) is 22.1 Å². The quantitative estimate of drug-likeness (QED) is 0.500. The zero-order valence-electron chi connectivity index (χ0n) is 11.2. The fourth-order valence-electron chi connectivity index (χ4n) is 2.52. The molecule has 2 aromatic carbocycles. The van der Waals surface area contributed by atoms with Crippen LogP contribution in [0, 0.1) is 0 Å². The van der Waals surface area contributed by atoms with Crippen LogP contribution in [0.2, 0.25) is 5.02 Å². The van der Waals surface area contributed by atoms with Crippen molar-refractivity contribution in [3.63, 3.8) is 0 Å². The normalized spacial score (nSPS) is 11.4. The van der Waals surface area contributed by atoms with Gasteiger partial charge in [-0.1, -0.05) is 23.7 Å². The molecule has 0 spiro atoms. The summed E-state index contributed by atoms with van der Waals surface area (Å²) in [4.78, 5) is 23.2. The Kier molecular flexibility index (Phi) is 3.06. The number of nitrogens with one attached hydrogen (secondary N) is 2. The van der Waals surface area contributed by atoms with E-state index in [1.165, 1.54) is 0 Å². The van der Waals surface area contributed by atoms with Crippen molar-refractivity contribution in [1.82, 2.24) is 15.0 Å². The third kappa shape index (κ3) is 2.05. The van der Waals surface area contributed by atoms with Gasteiger partial charge < -0.3 is 9.97 Å². The van der Waals surface area contributed by atoms with Gasteiger partial charge in [0.25, 0.3) is 0 Å². The Labute approximate surface area is 138 Å². The number of benzene rings is 2. The molecule has 4 nitrogen and oxygen atoms in total. The van der Waals surface area contributed by atoms with E-state index in [4.69, 9.17) is 11.6 Å². The summed E-state index contributed by atoms with van der Waals surface area (Å²) in [5.41, 5.74) is 2.94. The van der Waals surface area contributed by atoms with Crippen LogP contribution in [0.25, 0.3) is 21.9 Å². The smallest absolute Gasteiger partial charge is 0.230 e. The fraction of sp³-hybridized carbons (Fsp3) is 0. The molecular weight excluding hydrogens is 366 g/mol. The van der Waals surface area contributed by atoms with E-state index < -0.39 is 0 Å². The van der Waals surface area contributed by atoms with E-state index >= 15 is 0 Å². The standard InChI is InChI=1S/C16H9BrClN3O/c17-11-3-1-2-9-10(7-19-14(9)11)15(22)16-20-12-5-4-8(18)6-13(12)21-16/h1-7,19H,(H,20,21). The minimum Gasteiger partial charge on any atom is -0.360 e. The van der Waals surface area contributed by atoms with Crippen LogP contribution in [0.3, 0.4) is 0 Å². The molecule has 0 radical (unpaired) electrons. The highest BCUT2D eigenvalue weighted by Gasteiger charge is 2.18. The molecule has 0 bridgehead atoms. The highest BCUT2D eigenvalue weighted by Crippen LogP contribution is 2.27. The Morgan fingerprint density at radius 1 is 1.23 bits per heavy atom. The lowest BCUT2D eigenvalue weighted by atomic mass is 10.1. The van der Waals surface area contributed by atoms with Crippen LogP contribution >= 0.6 is 27.5 Å². The maximum atomic E-state index is 12.7. The average molecular weight is 375 g/mol. The second-order valence-corrected chi connectivity index (χ2v) is 6.23. The fourth-order valence-corrected chi connectivity index (χ4v) is 3.17. The second-order valence-electron chi connectivity index (χ2n) is 4.94. The Balaban J connectivity index is 1.86. The number of fused-ring (bicyclic) bond motifs is 2. The van der Waals surface area contributed by atoms with E-state index in [1.54, 1.807) is 18.3 Å². The molecule has 2 N–H and O–H groups in total. The molecule has 0 atom stereocenters. The summed E-state index contributed by atoms with van der Waals surface area (Å²) in [7, 11) is 0. The molecular formula is C16H9BrClN3O. The molecule has 4 rings (SSSR count). The molecule has 0 amide bonds. The first-order chi connectivity index (χ1) is 10.6. The number of imidazole rings is 1. The summed E-state index contributed by atoms with van der Waals surface area (Å²) in [5, 5.41) is 1.45. The molecule has 0 saturated carbocycles. The third-order valence-corrected chi connectivity index (χ3v) is 4.47. The molecule has 0 aliphatic rings. The molecule has 2 aromatic heterocycles. The van der Waals surface area contributed by atoms with Gasteiger partial charge in [0.15, 0.2) is 5.82 Å². The van der Waals surface area contributed by atoms with Gasteiger partial charge in [-0.2, -0.15) is 0 Å². The minimum atomic E-state index is -0.156. The summed E-state index contributed by atoms with van der Waals surface area (Å²) in [6.45, 7) is 0. The van der Waals surface area contributed by atoms with Gasteiger partial charge in [-0.05, 0) is 40.2 Å². The van der Waals surface area contributed by atoms with E-state index in [1.807, 2.05) is 24.3 Å². The second kappa shape index (κ2) is 4.97. The Bertz CT molecular complexity index is 1030. The number of para-hydroxylation sites is 1. The van der Waals surface area contributed by atoms with Crippen molar-refractivity contribution >= 4 is 55.3 Å². The first-order valence-electron chi connectivity index (χ1n) is 6.59. The number of hydrogen-bond donors (Lipinski definition) is 2. The third-order valence-electron chi connectivity index (χ3n) is 3.57. The molecule has 22 heavy (non-hydrogen) atoms. The SMILES string of the molecule is O=C(c1nc2cc(Cl)ccc2[nH]1)c1c[nH]c2c(Br)cccc12. The number of ketones is 1. The van der Waals surface area contributed by atoms with Crippen molar-refractivity contribution in [3.05, 3.63) is 63.5 Å². The lowest BCUT2D eigenvalue weighted by molar-refractivity contribution is 0.103. The van der Waals surface area contributed by atoms with Gasteiger partial charge in [0.1, 0.15) is 0 Å². The van der Waals surface area contributed by atoms with Crippen LogP contribution in [0.1, 0.15) is 16.2 Å². The van der Waals surface area contributed by atoms with Crippen molar-refractivity contribution in [2.75, 3.05) is 0 Å². The number of H-pyrrole nitrogens is 2. The number of aromatic amines is 2. The monoisotopic (exact) mass is 373 g/mol. The Hall–Kier alpha value is -2.11. The number of rotatable bonds is 2. The first-order valence-corrected chi connectivity index (χ1v) is 7.76. The van der Waals surface area contributed by atoms with Gasteiger partial charge in [0.2, 0.25) is 5.78 Å². The first kappa shape index (κ1) is 13.5. The summed E-state index contributed by atoms with van der Waals surface area (Å²) < 4.78 is 0.917. The van der Waals surface area contributed by atoms with Crippen molar-refractivity contribution < 1.29 is 4.79 Å². The molecule has 2 heterocycles. The predicted octanol–water partition coefficient (Wildman–Crippen LogP) is 4.69. The highest BCUT2D eigenvalue weighted by atomic mass is 79.9. The zero-order valence-corrected chi connectivity index (χ0v) is 13.5. The van der Waals surface area contributed by atoms with Crippen LogP contribution in [0.5, 0.6) is 0 Å². The molecule has 4 aromatic rings. The molecule has 0 fully saturated rings. The van der Waals surface area contributed by atoms with E-state index in [0.717, 1.165) is 20.9 Å². The zero-order chi connectivity index (χ0) is 15.3. The van der Waals surface area contributed by atoms with Gasteiger partial charge in [-0.15, -0.1) is 0 Å². The summed E-state index contributed by atoms with van der Waals surface area (Å²) in [6.07, 6.45) is 1.71. The highest BCUT2D eigenvalue weighted by molar-refractivity contribution is 9.10. The molecule has 0 unspecified atom stereocenters. The molecule has 108 valence electrons. The van der Waals surface area contributed by atoms with E-state index in [2.05, 4.69) is 30.9 Å². The van der Waals surface area contributed by atoms with E-state index in [9.17, 15) is 4.79 Å².